The molecule has 2 heterocycles. The van der Waals surface area contributed by atoms with Crippen LogP contribution < -0.4 is 9.64 Å². The van der Waals surface area contributed by atoms with Gasteiger partial charge >= 0.3 is 5.91 Å². The van der Waals surface area contributed by atoms with Gasteiger partial charge in [-0.1, -0.05) is 29.8 Å². The smallest absolute Gasteiger partial charge is 0.314 e. The topological polar surface area (TPSA) is 124 Å². The lowest BCUT2D eigenvalue weighted by Gasteiger charge is -2.18. The van der Waals surface area contributed by atoms with Crippen molar-refractivity contribution in [2.24, 2.45) is 10.9 Å². The normalized spacial score (nSPS) is 15.6. The van der Waals surface area contributed by atoms with Crippen LogP contribution in [0.4, 0.5) is 5.69 Å². The van der Waals surface area contributed by atoms with Crippen LogP contribution in [0, 0.1) is 31.1 Å². The second kappa shape index (κ2) is 9.04. The summed E-state index contributed by atoms with van der Waals surface area (Å²) >= 11 is 0. The molecule has 0 radical (unpaired) electrons. The van der Waals surface area contributed by atoms with E-state index in [1.165, 1.54) is 11.1 Å². The molecule has 0 saturated carbocycles. The van der Waals surface area contributed by atoms with Crippen molar-refractivity contribution in [2.45, 2.75) is 20.3 Å². The van der Waals surface area contributed by atoms with Crippen molar-refractivity contribution in [1.82, 2.24) is 15.2 Å². The molecule has 3 aromatic rings. The molecule has 1 aliphatic heterocycles. The van der Waals surface area contributed by atoms with E-state index in [2.05, 4.69) is 26.2 Å². The van der Waals surface area contributed by atoms with Crippen LogP contribution >= 0.6 is 0 Å². The lowest BCUT2D eigenvalue weighted by Crippen LogP contribution is -2.34. The Morgan fingerprint density at radius 2 is 2.06 bits per heavy atom. The molecule has 1 N–H and O–H groups in total. The number of aryl methyl sites for hydroxylation is 2. The van der Waals surface area contributed by atoms with Crippen LogP contribution in [-0.4, -0.2) is 46.9 Å². The molecule has 9 heteroatoms. The van der Waals surface area contributed by atoms with Crippen molar-refractivity contribution in [1.29, 1.82) is 5.26 Å². The van der Waals surface area contributed by atoms with Gasteiger partial charge in [-0.15, -0.1) is 10.2 Å². The molecule has 0 aliphatic carbocycles. The van der Waals surface area contributed by atoms with E-state index >= 15 is 0 Å². The van der Waals surface area contributed by atoms with E-state index in [0.29, 0.717) is 29.2 Å². The Labute approximate surface area is 190 Å². The number of carbonyl (C=O) groups is 2. The number of anilines is 1. The number of aromatic nitrogens is 3. The standard InChI is InChI=1S/C24H22N6O3/c1-14-4-6-16(7-5-14)9-21-27-22(29-28-21)23(31)26-12-18-13-33-20-8-15(2)17(11-25)10-19(20)30(3)24(18)32/h4-8,10,12,18H,9,13H2,1-3H3,(H,27,28,29)/b26-12+. The summed E-state index contributed by atoms with van der Waals surface area (Å²) in [5.74, 6) is -0.646. The zero-order valence-corrected chi connectivity index (χ0v) is 18.5. The molecule has 1 atom stereocenters. The van der Waals surface area contributed by atoms with Gasteiger partial charge in [-0.2, -0.15) is 5.26 Å². The largest absolute Gasteiger partial charge is 0.490 e. The number of hydrogen-bond acceptors (Lipinski definition) is 6. The fourth-order valence-corrected chi connectivity index (χ4v) is 3.48. The molecule has 4 rings (SSSR count). The summed E-state index contributed by atoms with van der Waals surface area (Å²) in [5, 5.41) is 17.2. The number of aromatic amines is 1. The average Bonchev–Trinajstić information content (AvgIpc) is 3.24. The maximum atomic E-state index is 12.9. The summed E-state index contributed by atoms with van der Waals surface area (Å²) in [4.78, 5) is 33.6. The lowest BCUT2D eigenvalue weighted by atomic mass is 10.1. The van der Waals surface area contributed by atoms with Crippen LogP contribution in [0.3, 0.4) is 0 Å². The Morgan fingerprint density at radius 3 is 2.79 bits per heavy atom. The number of H-pyrrole nitrogens is 1. The molecule has 2 aromatic carbocycles. The fourth-order valence-electron chi connectivity index (χ4n) is 3.48. The number of benzene rings is 2. The summed E-state index contributed by atoms with van der Waals surface area (Å²) in [6.45, 7) is 3.84. The number of nitrogens with one attached hydrogen (secondary N) is 1. The van der Waals surface area contributed by atoms with Crippen LogP contribution in [0.1, 0.15) is 38.7 Å². The molecule has 2 amide bonds. The monoisotopic (exact) mass is 442 g/mol. The van der Waals surface area contributed by atoms with Gasteiger partial charge in [0.15, 0.2) is 0 Å². The van der Waals surface area contributed by atoms with E-state index in [9.17, 15) is 14.9 Å². The predicted molar refractivity (Wildman–Crippen MR) is 121 cm³/mol. The van der Waals surface area contributed by atoms with Crippen molar-refractivity contribution in [3.05, 3.63) is 70.3 Å². The number of hydrogen-bond donors (Lipinski definition) is 1. The Hall–Kier alpha value is -4.32. The zero-order chi connectivity index (χ0) is 23.5. The number of carbonyl (C=O) groups excluding carboxylic acids is 2. The molecule has 0 saturated heterocycles. The molecule has 1 aliphatic rings. The van der Waals surface area contributed by atoms with Crippen molar-refractivity contribution in [3.63, 3.8) is 0 Å². The van der Waals surface area contributed by atoms with Gasteiger partial charge in [0.25, 0.3) is 0 Å². The quantitative estimate of drug-likeness (QED) is 0.620. The second-order valence-corrected chi connectivity index (χ2v) is 7.93. The van der Waals surface area contributed by atoms with Crippen LogP contribution in [0.2, 0.25) is 0 Å². The molecule has 9 nitrogen and oxygen atoms in total. The van der Waals surface area contributed by atoms with Crippen molar-refractivity contribution in [3.8, 4) is 11.8 Å². The van der Waals surface area contributed by atoms with Gasteiger partial charge in [0.05, 0.1) is 17.3 Å². The first-order valence-corrected chi connectivity index (χ1v) is 10.4. The Bertz CT molecular complexity index is 1290. The Balaban J connectivity index is 1.46. The first kappa shape index (κ1) is 21.9. The number of nitriles is 1. The highest BCUT2D eigenvalue weighted by atomic mass is 16.5. The van der Waals surface area contributed by atoms with Crippen LogP contribution in [0.25, 0.3) is 0 Å². The van der Waals surface area contributed by atoms with Gasteiger partial charge in [0, 0.05) is 19.7 Å². The van der Waals surface area contributed by atoms with Crippen LogP contribution in [-0.2, 0) is 11.2 Å². The molecule has 33 heavy (non-hydrogen) atoms. The van der Waals surface area contributed by atoms with Gasteiger partial charge in [0.2, 0.25) is 11.7 Å². The third-order valence-electron chi connectivity index (χ3n) is 5.45. The third kappa shape index (κ3) is 4.65. The van der Waals surface area contributed by atoms with Gasteiger partial charge in [-0.25, -0.2) is 4.99 Å². The van der Waals surface area contributed by atoms with Gasteiger partial charge in [-0.3, -0.25) is 9.59 Å². The number of amides is 2. The average molecular weight is 442 g/mol. The van der Waals surface area contributed by atoms with E-state index in [1.54, 1.807) is 26.1 Å². The molecule has 1 unspecified atom stereocenters. The number of rotatable bonds is 4. The summed E-state index contributed by atoms with van der Waals surface area (Å²) in [5.41, 5.74) is 3.92. The Kier molecular flexibility index (Phi) is 6.00. The summed E-state index contributed by atoms with van der Waals surface area (Å²) < 4.78 is 5.79. The predicted octanol–water partition coefficient (Wildman–Crippen LogP) is 2.77. The van der Waals surface area contributed by atoms with E-state index in [-0.39, 0.29) is 18.3 Å². The van der Waals surface area contributed by atoms with E-state index in [4.69, 9.17) is 4.74 Å². The minimum atomic E-state index is -0.771. The molecule has 0 spiro atoms. The molecule has 1 aromatic heterocycles. The summed E-state index contributed by atoms with van der Waals surface area (Å²) in [6, 6.07) is 13.5. The molecular formula is C24H22N6O3. The third-order valence-corrected chi connectivity index (χ3v) is 5.45. The minimum absolute atomic E-state index is 0.00118. The highest BCUT2D eigenvalue weighted by molar-refractivity contribution is 6.07. The maximum Gasteiger partial charge on any atom is 0.314 e. The van der Waals surface area contributed by atoms with Crippen molar-refractivity contribution in [2.75, 3.05) is 18.6 Å². The van der Waals surface area contributed by atoms with Gasteiger partial charge < -0.3 is 14.6 Å². The highest BCUT2D eigenvalue weighted by Crippen LogP contribution is 2.34. The second-order valence-electron chi connectivity index (χ2n) is 7.93. The molecular weight excluding hydrogens is 420 g/mol. The van der Waals surface area contributed by atoms with E-state index < -0.39 is 11.8 Å². The number of ether oxygens (including phenoxy) is 1. The highest BCUT2D eigenvalue weighted by Gasteiger charge is 2.29. The first-order valence-electron chi connectivity index (χ1n) is 10.4. The van der Waals surface area contributed by atoms with Crippen LogP contribution in [0.15, 0.2) is 41.4 Å². The molecule has 166 valence electrons. The molecule has 0 bridgehead atoms. The van der Waals surface area contributed by atoms with Crippen molar-refractivity contribution >= 4 is 23.7 Å². The SMILES string of the molecule is Cc1ccc(Cc2nnc(C(=O)/N=C/C3COc4cc(C)c(C#N)cc4N(C)C3=O)[nH]2)cc1. The summed E-state index contributed by atoms with van der Waals surface area (Å²) in [6.07, 6.45) is 1.78. The minimum Gasteiger partial charge on any atom is -0.490 e. The van der Waals surface area contributed by atoms with Crippen LogP contribution in [0.5, 0.6) is 5.75 Å². The fraction of sp³-hybridized carbons (Fsp3) is 0.250. The van der Waals surface area contributed by atoms with Gasteiger partial charge in [-0.05, 0) is 37.1 Å². The number of fused-ring (bicyclic) bond motifs is 1. The Morgan fingerprint density at radius 1 is 1.30 bits per heavy atom. The number of nitrogens with zero attached hydrogens (tertiary/aromatic N) is 5. The van der Waals surface area contributed by atoms with E-state index in [0.717, 1.165) is 16.7 Å². The molecule has 0 fully saturated rings. The van der Waals surface area contributed by atoms with Crippen molar-refractivity contribution < 1.29 is 14.3 Å². The zero-order valence-electron chi connectivity index (χ0n) is 18.5. The van der Waals surface area contributed by atoms with Gasteiger partial charge in [0.1, 0.15) is 24.1 Å². The lowest BCUT2D eigenvalue weighted by molar-refractivity contribution is -0.120. The van der Waals surface area contributed by atoms with E-state index in [1.807, 2.05) is 31.2 Å². The maximum absolute atomic E-state index is 12.9. The first-order chi connectivity index (χ1) is 15.9. The summed E-state index contributed by atoms with van der Waals surface area (Å²) in [7, 11) is 1.60. The number of aliphatic imine (C=N–C) groups is 1.